The maximum absolute atomic E-state index is 4.52. The van der Waals surface area contributed by atoms with Crippen LogP contribution in [0.5, 0.6) is 0 Å². The van der Waals surface area contributed by atoms with Crippen LogP contribution in [-0.2, 0) is 0 Å². The Morgan fingerprint density at radius 2 is 2.06 bits per heavy atom. The molecule has 0 aliphatic carbocycles. The summed E-state index contributed by atoms with van der Waals surface area (Å²) < 4.78 is 0. The Morgan fingerprint density at radius 3 is 2.62 bits per heavy atom. The fourth-order valence-corrected chi connectivity index (χ4v) is 2.63. The summed E-state index contributed by atoms with van der Waals surface area (Å²) in [5.74, 6) is 0. The Bertz CT molecular complexity index is 463. The highest BCUT2D eigenvalue weighted by Crippen LogP contribution is 2.25. The third-order valence-corrected chi connectivity index (χ3v) is 3.44. The second kappa shape index (κ2) is 4.76. The van der Waals surface area contributed by atoms with Crippen molar-refractivity contribution in [2.75, 3.05) is 7.05 Å². The lowest BCUT2D eigenvalue weighted by Crippen LogP contribution is -2.18. The Balaban J connectivity index is 2.41. The molecule has 2 aromatic heterocycles. The molecule has 1 atom stereocenters. The molecule has 0 fully saturated rings. The van der Waals surface area contributed by atoms with Crippen molar-refractivity contribution in [3.8, 4) is 0 Å². The molecule has 16 heavy (non-hydrogen) atoms. The number of aromatic nitrogens is 1. The third kappa shape index (κ3) is 2.15. The normalized spacial score (nSPS) is 12.7. The van der Waals surface area contributed by atoms with Gasteiger partial charge in [0.2, 0.25) is 0 Å². The molecular weight excluding hydrogens is 216 g/mol. The van der Waals surface area contributed by atoms with E-state index >= 15 is 0 Å². The standard InChI is InChI=1S/C13H16N2S/c1-9-4-5-12(10(2)15-9)13(14-3)11-6-7-16-8-11/h4-8,13-14H,1-3H3. The van der Waals surface area contributed by atoms with Gasteiger partial charge in [0.1, 0.15) is 0 Å². The molecule has 0 aliphatic heterocycles. The molecule has 2 aromatic rings. The van der Waals surface area contributed by atoms with Crippen molar-refractivity contribution in [2.45, 2.75) is 19.9 Å². The highest BCUT2D eigenvalue weighted by Gasteiger charge is 2.14. The van der Waals surface area contributed by atoms with Gasteiger partial charge in [0.15, 0.2) is 0 Å². The van der Waals surface area contributed by atoms with Crippen LogP contribution in [0, 0.1) is 13.8 Å². The van der Waals surface area contributed by atoms with Crippen molar-refractivity contribution in [3.63, 3.8) is 0 Å². The third-order valence-electron chi connectivity index (χ3n) is 2.74. The van der Waals surface area contributed by atoms with Crippen LogP contribution in [0.2, 0.25) is 0 Å². The van der Waals surface area contributed by atoms with Gasteiger partial charge in [-0.05, 0) is 54.9 Å². The Hall–Kier alpha value is -1.19. The predicted molar refractivity (Wildman–Crippen MR) is 68.9 cm³/mol. The number of rotatable bonds is 3. The van der Waals surface area contributed by atoms with Crippen LogP contribution in [-0.4, -0.2) is 12.0 Å². The first-order chi connectivity index (χ1) is 7.72. The minimum atomic E-state index is 0.249. The van der Waals surface area contributed by atoms with Crippen LogP contribution in [0.3, 0.4) is 0 Å². The van der Waals surface area contributed by atoms with Gasteiger partial charge in [0.05, 0.1) is 6.04 Å². The lowest BCUT2D eigenvalue weighted by Gasteiger charge is -2.17. The lowest BCUT2D eigenvalue weighted by molar-refractivity contribution is 0.684. The SMILES string of the molecule is CNC(c1ccsc1)c1ccc(C)nc1C. The quantitative estimate of drug-likeness (QED) is 0.879. The zero-order valence-electron chi connectivity index (χ0n) is 9.82. The second-order valence-corrected chi connectivity index (χ2v) is 4.69. The molecule has 84 valence electrons. The van der Waals surface area contributed by atoms with E-state index in [9.17, 15) is 0 Å². The number of pyridine rings is 1. The van der Waals surface area contributed by atoms with Crippen LogP contribution in [0.4, 0.5) is 0 Å². The van der Waals surface area contributed by atoms with E-state index in [0.29, 0.717) is 0 Å². The summed E-state index contributed by atoms with van der Waals surface area (Å²) >= 11 is 1.73. The molecule has 0 spiro atoms. The van der Waals surface area contributed by atoms with Crippen LogP contribution in [0.15, 0.2) is 29.0 Å². The van der Waals surface area contributed by atoms with E-state index in [0.717, 1.165) is 11.4 Å². The first-order valence-corrected chi connectivity index (χ1v) is 6.30. The van der Waals surface area contributed by atoms with Gasteiger partial charge in [-0.15, -0.1) is 0 Å². The zero-order valence-corrected chi connectivity index (χ0v) is 10.6. The molecule has 0 saturated heterocycles. The molecule has 2 rings (SSSR count). The number of thiophene rings is 1. The fraction of sp³-hybridized carbons (Fsp3) is 0.308. The van der Waals surface area contributed by atoms with Crippen molar-refractivity contribution >= 4 is 11.3 Å². The number of nitrogens with one attached hydrogen (secondary N) is 1. The Kier molecular flexibility index (Phi) is 3.36. The molecule has 3 heteroatoms. The maximum atomic E-state index is 4.52. The van der Waals surface area contributed by atoms with E-state index in [1.807, 2.05) is 14.0 Å². The van der Waals surface area contributed by atoms with E-state index < -0.39 is 0 Å². The van der Waals surface area contributed by atoms with E-state index in [1.54, 1.807) is 11.3 Å². The summed E-state index contributed by atoms with van der Waals surface area (Å²) in [5, 5.41) is 7.64. The van der Waals surface area contributed by atoms with Gasteiger partial charge in [0.25, 0.3) is 0 Å². The van der Waals surface area contributed by atoms with Crippen molar-refractivity contribution in [1.82, 2.24) is 10.3 Å². The monoisotopic (exact) mass is 232 g/mol. The van der Waals surface area contributed by atoms with Crippen molar-refractivity contribution in [3.05, 3.63) is 51.5 Å². The van der Waals surface area contributed by atoms with E-state index in [2.05, 4.69) is 46.2 Å². The molecule has 2 nitrogen and oxygen atoms in total. The number of hydrogen-bond donors (Lipinski definition) is 1. The molecule has 0 radical (unpaired) electrons. The molecule has 0 aliphatic rings. The zero-order chi connectivity index (χ0) is 11.5. The van der Waals surface area contributed by atoms with Crippen molar-refractivity contribution in [2.24, 2.45) is 0 Å². The van der Waals surface area contributed by atoms with Crippen LogP contribution in [0.1, 0.15) is 28.6 Å². The smallest absolute Gasteiger partial charge is 0.0600 e. The molecule has 1 unspecified atom stereocenters. The van der Waals surface area contributed by atoms with Gasteiger partial charge in [0, 0.05) is 11.4 Å². The van der Waals surface area contributed by atoms with E-state index in [4.69, 9.17) is 0 Å². The molecular formula is C13H16N2S. The van der Waals surface area contributed by atoms with Crippen LogP contribution >= 0.6 is 11.3 Å². The molecule has 2 heterocycles. The molecule has 0 saturated carbocycles. The first-order valence-electron chi connectivity index (χ1n) is 5.36. The average Bonchev–Trinajstić information content (AvgIpc) is 2.75. The van der Waals surface area contributed by atoms with Crippen LogP contribution in [0.25, 0.3) is 0 Å². The van der Waals surface area contributed by atoms with E-state index in [1.165, 1.54) is 11.1 Å². The minimum absolute atomic E-state index is 0.249. The maximum Gasteiger partial charge on any atom is 0.0600 e. The summed E-state index contributed by atoms with van der Waals surface area (Å²) in [5.41, 5.74) is 4.74. The summed E-state index contributed by atoms with van der Waals surface area (Å²) in [6.07, 6.45) is 0. The second-order valence-electron chi connectivity index (χ2n) is 3.91. The molecule has 0 aromatic carbocycles. The fourth-order valence-electron chi connectivity index (χ4n) is 1.94. The molecule has 0 bridgehead atoms. The van der Waals surface area contributed by atoms with Crippen molar-refractivity contribution < 1.29 is 0 Å². The van der Waals surface area contributed by atoms with Crippen LogP contribution < -0.4 is 5.32 Å². The summed E-state index contributed by atoms with van der Waals surface area (Å²) in [7, 11) is 1.99. The average molecular weight is 232 g/mol. The summed E-state index contributed by atoms with van der Waals surface area (Å²) in [6.45, 7) is 4.09. The lowest BCUT2D eigenvalue weighted by atomic mass is 10.00. The predicted octanol–water partition coefficient (Wildman–Crippen LogP) is 3.07. The van der Waals surface area contributed by atoms with Gasteiger partial charge in [-0.25, -0.2) is 0 Å². The molecule has 1 N–H and O–H groups in total. The topological polar surface area (TPSA) is 24.9 Å². The summed E-state index contributed by atoms with van der Waals surface area (Å²) in [4.78, 5) is 4.52. The number of aryl methyl sites for hydroxylation is 2. The van der Waals surface area contributed by atoms with Crippen molar-refractivity contribution in [1.29, 1.82) is 0 Å². The highest BCUT2D eigenvalue weighted by atomic mass is 32.1. The molecule has 0 amide bonds. The van der Waals surface area contributed by atoms with E-state index in [-0.39, 0.29) is 6.04 Å². The summed E-state index contributed by atoms with van der Waals surface area (Å²) in [6, 6.07) is 6.64. The first kappa shape index (κ1) is 11.3. The highest BCUT2D eigenvalue weighted by molar-refractivity contribution is 7.08. The minimum Gasteiger partial charge on any atom is -0.309 e. The largest absolute Gasteiger partial charge is 0.309 e. The van der Waals surface area contributed by atoms with Gasteiger partial charge >= 0.3 is 0 Å². The Morgan fingerprint density at radius 1 is 1.25 bits per heavy atom. The van der Waals surface area contributed by atoms with Gasteiger partial charge in [-0.2, -0.15) is 11.3 Å². The van der Waals surface area contributed by atoms with Gasteiger partial charge < -0.3 is 5.32 Å². The van der Waals surface area contributed by atoms with Gasteiger partial charge in [-0.1, -0.05) is 6.07 Å². The Labute approximate surface area is 100 Å². The van der Waals surface area contributed by atoms with Gasteiger partial charge in [-0.3, -0.25) is 4.98 Å². The number of nitrogens with zero attached hydrogens (tertiary/aromatic N) is 1. The number of hydrogen-bond acceptors (Lipinski definition) is 3.